The molecule has 0 aliphatic rings. The van der Waals surface area contributed by atoms with Crippen molar-refractivity contribution in [3.8, 4) is 5.75 Å². The molecule has 0 aliphatic carbocycles. The molecule has 0 aromatic heterocycles. The molecule has 1 N–H and O–H groups in total. The number of nitrogens with one attached hydrogen (secondary N) is 1. The largest absolute Gasteiger partial charge is 0.480 e. The Balaban J connectivity index is 2.03. The van der Waals surface area contributed by atoms with Crippen molar-refractivity contribution in [3.05, 3.63) is 64.7 Å². The number of ether oxygens (including phenoxy) is 1. The Morgan fingerprint density at radius 3 is 2.32 bits per heavy atom. The molecule has 134 valence electrons. The van der Waals surface area contributed by atoms with E-state index in [0.717, 1.165) is 23.3 Å². The zero-order valence-electron chi connectivity index (χ0n) is 15.9. The third kappa shape index (κ3) is 5.09. The summed E-state index contributed by atoms with van der Waals surface area (Å²) in [5.41, 5.74) is 4.64. The van der Waals surface area contributed by atoms with Crippen LogP contribution in [-0.4, -0.2) is 12.0 Å². The van der Waals surface area contributed by atoms with Crippen molar-refractivity contribution in [1.29, 1.82) is 0 Å². The van der Waals surface area contributed by atoms with E-state index < -0.39 is 6.10 Å². The van der Waals surface area contributed by atoms with Crippen LogP contribution in [0.2, 0.25) is 0 Å². The van der Waals surface area contributed by atoms with Gasteiger partial charge in [0.2, 0.25) is 0 Å². The maximum absolute atomic E-state index is 12.6. The fourth-order valence-electron chi connectivity index (χ4n) is 2.84. The van der Waals surface area contributed by atoms with Gasteiger partial charge in [-0.2, -0.15) is 0 Å². The monoisotopic (exact) mass is 339 g/mol. The molecule has 2 rings (SSSR count). The Labute approximate surface area is 151 Å². The van der Waals surface area contributed by atoms with Gasteiger partial charge in [0, 0.05) is 0 Å². The highest BCUT2D eigenvalue weighted by molar-refractivity contribution is 5.81. The van der Waals surface area contributed by atoms with Crippen molar-refractivity contribution >= 4 is 5.91 Å². The summed E-state index contributed by atoms with van der Waals surface area (Å²) in [6.45, 7) is 10.2. The van der Waals surface area contributed by atoms with E-state index in [1.807, 2.05) is 39.8 Å². The van der Waals surface area contributed by atoms with Gasteiger partial charge >= 0.3 is 0 Å². The lowest BCUT2D eigenvalue weighted by atomic mass is 10.0. The molecule has 1 amide bonds. The molecular formula is C22H29NO2. The Morgan fingerprint density at radius 2 is 1.76 bits per heavy atom. The molecule has 2 atom stereocenters. The van der Waals surface area contributed by atoms with E-state index in [1.54, 1.807) is 0 Å². The number of benzene rings is 2. The minimum Gasteiger partial charge on any atom is -0.480 e. The third-order valence-electron chi connectivity index (χ3n) is 4.51. The smallest absolute Gasteiger partial charge is 0.261 e. The molecule has 3 nitrogen and oxygen atoms in total. The first-order valence-corrected chi connectivity index (χ1v) is 9.07. The Hall–Kier alpha value is -2.29. The number of hydrogen-bond acceptors (Lipinski definition) is 2. The molecule has 25 heavy (non-hydrogen) atoms. The summed E-state index contributed by atoms with van der Waals surface area (Å²) >= 11 is 0. The first-order valence-electron chi connectivity index (χ1n) is 9.07. The lowest BCUT2D eigenvalue weighted by Crippen LogP contribution is -2.39. The maximum atomic E-state index is 12.6. The average molecular weight is 339 g/mol. The van der Waals surface area contributed by atoms with Crippen LogP contribution in [0.15, 0.2) is 42.5 Å². The number of hydrogen-bond donors (Lipinski definition) is 1. The van der Waals surface area contributed by atoms with Crippen molar-refractivity contribution in [2.24, 2.45) is 0 Å². The number of rotatable bonds is 7. The second-order valence-electron chi connectivity index (χ2n) is 6.61. The molecule has 0 aliphatic heterocycles. The molecule has 0 unspecified atom stereocenters. The van der Waals surface area contributed by atoms with E-state index >= 15 is 0 Å². The fourth-order valence-corrected chi connectivity index (χ4v) is 2.84. The molecular weight excluding hydrogens is 310 g/mol. The van der Waals surface area contributed by atoms with Gasteiger partial charge in [-0.3, -0.25) is 4.79 Å². The molecule has 2 aromatic carbocycles. The highest BCUT2D eigenvalue weighted by Gasteiger charge is 2.21. The second-order valence-corrected chi connectivity index (χ2v) is 6.61. The summed E-state index contributed by atoms with van der Waals surface area (Å²) in [6.07, 6.45) is 1.15. The number of carbonyl (C=O) groups excluding carboxylic acids is 1. The van der Waals surface area contributed by atoms with Crippen molar-refractivity contribution in [2.45, 2.75) is 59.6 Å². The van der Waals surface area contributed by atoms with Crippen LogP contribution in [0.4, 0.5) is 0 Å². The van der Waals surface area contributed by atoms with E-state index in [1.165, 1.54) is 11.1 Å². The van der Waals surface area contributed by atoms with Crippen LogP contribution >= 0.6 is 0 Å². The molecule has 3 heteroatoms. The first-order chi connectivity index (χ1) is 11.9. The third-order valence-corrected chi connectivity index (χ3v) is 4.51. The van der Waals surface area contributed by atoms with Crippen molar-refractivity contribution in [1.82, 2.24) is 5.32 Å². The lowest BCUT2D eigenvalue weighted by molar-refractivity contribution is -0.128. The summed E-state index contributed by atoms with van der Waals surface area (Å²) in [5.74, 6) is 0.696. The molecule has 0 saturated heterocycles. The van der Waals surface area contributed by atoms with Crippen LogP contribution in [0.25, 0.3) is 0 Å². The van der Waals surface area contributed by atoms with Crippen LogP contribution in [0.5, 0.6) is 5.75 Å². The van der Waals surface area contributed by atoms with Crippen LogP contribution in [0.1, 0.15) is 55.5 Å². The van der Waals surface area contributed by atoms with Gasteiger partial charge in [-0.1, -0.05) is 55.8 Å². The molecule has 0 saturated carbocycles. The van der Waals surface area contributed by atoms with Crippen LogP contribution < -0.4 is 10.1 Å². The van der Waals surface area contributed by atoms with Crippen molar-refractivity contribution in [2.75, 3.05) is 0 Å². The van der Waals surface area contributed by atoms with Gasteiger partial charge < -0.3 is 10.1 Å². The Bertz CT molecular complexity index is 706. The van der Waals surface area contributed by atoms with Gasteiger partial charge in [0.25, 0.3) is 5.91 Å². The summed E-state index contributed by atoms with van der Waals surface area (Å²) in [7, 11) is 0. The van der Waals surface area contributed by atoms with Crippen molar-refractivity contribution < 1.29 is 9.53 Å². The molecule has 2 aromatic rings. The Kier molecular flexibility index (Phi) is 6.63. The standard InChI is InChI=1S/C22H29NO2/c1-6-18-9-11-19(12-10-18)17(5)23-22(24)20(7-2)25-21-13-8-15(3)14-16(21)4/h8-14,17,20H,6-7H2,1-5H3,(H,23,24)/t17-,20+/m1/s1. The molecule has 0 bridgehead atoms. The van der Waals surface area contributed by atoms with E-state index in [-0.39, 0.29) is 11.9 Å². The molecule has 0 heterocycles. The van der Waals surface area contributed by atoms with Crippen molar-refractivity contribution in [3.63, 3.8) is 0 Å². The van der Waals surface area contributed by atoms with E-state index in [9.17, 15) is 4.79 Å². The summed E-state index contributed by atoms with van der Waals surface area (Å²) in [4.78, 5) is 12.6. The SMILES string of the molecule is CCc1ccc([C@@H](C)NC(=O)[C@H](CC)Oc2ccc(C)cc2C)cc1. The minimum absolute atomic E-state index is 0.0461. The Morgan fingerprint density at radius 1 is 1.08 bits per heavy atom. The quantitative estimate of drug-likeness (QED) is 0.779. The zero-order valence-corrected chi connectivity index (χ0v) is 15.9. The van der Waals surface area contributed by atoms with E-state index in [4.69, 9.17) is 4.74 Å². The minimum atomic E-state index is -0.487. The van der Waals surface area contributed by atoms with Crippen LogP contribution in [0, 0.1) is 13.8 Å². The number of amides is 1. The van der Waals surface area contributed by atoms with Crippen LogP contribution in [0.3, 0.4) is 0 Å². The van der Waals surface area contributed by atoms with E-state index in [0.29, 0.717) is 6.42 Å². The maximum Gasteiger partial charge on any atom is 0.261 e. The summed E-state index contributed by atoms with van der Waals surface area (Å²) in [6, 6.07) is 14.3. The topological polar surface area (TPSA) is 38.3 Å². The second kappa shape index (κ2) is 8.70. The highest BCUT2D eigenvalue weighted by Crippen LogP contribution is 2.21. The first kappa shape index (κ1) is 19.0. The average Bonchev–Trinajstić information content (AvgIpc) is 2.61. The summed E-state index contributed by atoms with van der Waals surface area (Å²) in [5, 5.41) is 3.07. The van der Waals surface area contributed by atoms with Gasteiger partial charge in [-0.25, -0.2) is 0 Å². The van der Waals surface area contributed by atoms with Crippen LogP contribution in [-0.2, 0) is 11.2 Å². The molecule has 0 fully saturated rings. The zero-order chi connectivity index (χ0) is 18.4. The highest BCUT2D eigenvalue weighted by atomic mass is 16.5. The fraction of sp³-hybridized carbons (Fsp3) is 0.409. The van der Waals surface area contributed by atoms with E-state index in [2.05, 4.69) is 42.6 Å². The lowest BCUT2D eigenvalue weighted by Gasteiger charge is -2.22. The van der Waals surface area contributed by atoms with Gasteiger partial charge in [0.1, 0.15) is 5.75 Å². The number of carbonyl (C=O) groups is 1. The number of aryl methyl sites for hydroxylation is 3. The normalized spacial score (nSPS) is 13.2. The molecule has 0 radical (unpaired) electrons. The van der Waals surface area contributed by atoms with Gasteiger partial charge in [-0.05, 0) is 56.4 Å². The predicted molar refractivity (Wildman–Crippen MR) is 103 cm³/mol. The van der Waals surface area contributed by atoms with Gasteiger partial charge in [0.15, 0.2) is 6.10 Å². The molecule has 0 spiro atoms. The summed E-state index contributed by atoms with van der Waals surface area (Å²) < 4.78 is 5.97. The van der Waals surface area contributed by atoms with Gasteiger partial charge in [-0.15, -0.1) is 0 Å². The predicted octanol–water partition coefficient (Wildman–Crippen LogP) is 4.90. The van der Waals surface area contributed by atoms with Gasteiger partial charge in [0.05, 0.1) is 6.04 Å².